The third-order valence-electron chi connectivity index (χ3n) is 5.58. The molecule has 0 unspecified atom stereocenters. The van der Waals surface area contributed by atoms with Gasteiger partial charge in [0.15, 0.2) is 5.82 Å². The summed E-state index contributed by atoms with van der Waals surface area (Å²) in [5, 5.41) is 7.57. The maximum absolute atomic E-state index is 13.5. The maximum atomic E-state index is 13.5. The zero-order chi connectivity index (χ0) is 22.9. The van der Waals surface area contributed by atoms with Crippen LogP contribution in [0.15, 0.2) is 64.2 Å². The van der Waals surface area contributed by atoms with Crippen LogP contribution in [0.1, 0.15) is 24.2 Å². The molecule has 0 fully saturated rings. The molecule has 9 heteroatoms. The quantitative estimate of drug-likeness (QED) is 0.432. The Morgan fingerprint density at radius 3 is 2.70 bits per heavy atom. The van der Waals surface area contributed by atoms with Gasteiger partial charge in [0.25, 0.3) is 5.56 Å². The van der Waals surface area contributed by atoms with Crippen LogP contribution in [0.3, 0.4) is 0 Å². The van der Waals surface area contributed by atoms with Crippen molar-refractivity contribution in [1.82, 2.24) is 24.3 Å². The second-order valence-electron chi connectivity index (χ2n) is 7.77. The molecule has 0 spiro atoms. The van der Waals surface area contributed by atoms with Crippen molar-refractivity contribution < 1.29 is 9.32 Å². The smallest absolute Gasteiger partial charge is 0.278 e. The van der Waals surface area contributed by atoms with Crippen molar-refractivity contribution in [1.29, 1.82) is 0 Å². The van der Waals surface area contributed by atoms with Crippen LogP contribution in [0.2, 0.25) is 0 Å². The van der Waals surface area contributed by atoms with Crippen LogP contribution >= 0.6 is 0 Å². The van der Waals surface area contributed by atoms with Crippen molar-refractivity contribution >= 4 is 33.5 Å². The number of nitrogens with zero attached hydrogens (tertiary/aromatic N) is 5. The molecule has 0 aliphatic heterocycles. The van der Waals surface area contributed by atoms with Crippen molar-refractivity contribution in [3.63, 3.8) is 0 Å². The van der Waals surface area contributed by atoms with Crippen LogP contribution in [0.25, 0.3) is 21.9 Å². The second kappa shape index (κ2) is 8.34. The topological polar surface area (TPSA) is 108 Å². The van der Waals surface area contributed by atoms with Gasteiger partial charge < -0.3 is 14.4 Å². The fourth-order valence-corrected chi connectivity index (χ4v) is 4.06. The monoisotopic (exact) mass is 442 g/mol. The van der Waals surface area contributed by atoms with Crippen molar-refractivity contribution in [2.75, 3.05) is 5.32 Å². The summed E-state index contributed by atoms with van der Waals surface area (Å²) in [5.74, 6) is 0.582. The first-order chi connectivity index (χ1) is 16.0. The molecule has 9 nitrogen and oxygen atoms in total. The zero-order valence-corrected chi connectivity index (χ0v) is 18.3. The molecule has 1 N–H and O–H groups in total. The minimum atomic E-state index is -0.284. The van der Waals surface area contributed by atoms with E-state index >= 15 is 0 Å². The fraction of sp³-hybridized carbons (Fsp3) is 0.208. The van der Waals surface area contributed by atoms with Crippen LogP contribution < -0.4 is 10.9 Å². The lowest BCUT2D eigenvalue weighted by Crippen LogP contribution is -2.25. The standard InChI is InChI=1S/C24H22N6O3/c1-3-16-8-4-6-10-18(16)27-20(31)12-30-19-11-7-5-9-17(19)22-23(30)24(32)29(14-25-22)13-21-26-15(2)28-33-21/h4-11,14H,3,12-13H2,1-2H3,(H,27,31). The highest BCUT2D eigenvalue weighted by molar-refractivity contribution is 6.06. The maximum Gasteiger partial charge on any atom is 0.278 e. The van der Waals surface area contributed by atoms with Crippen LogP contribution in [0.4, 0.5) is 5.69 Å². The van der Waals surface area contributed by atoms with E-state index in [9.17, 15) is 9.59 Å². The summed E-state index contributed by atoms with van der Waals surface area (Å²) in [6.45, 7) is 3.82. The number of amides is 1. The Hall–Kier alpha value is -4.27. The Bertz CT molecular complexity index is 1550. The molecular formula is C24H22N6O3. The van der Waals surface area contributed by atoms with Crippen LogP contribution in [0, 0.1) is 6.92 Å². The number of nitrogens with one attached hydrogen (secondary N) is 1. The third kappa shape index (κ3) is 3.78. The van der Waals surface area contributed by atoms with E-state index in [0.29, 0.717) is 22.7 Å². The van der Waals surface area contributed by atoms with E-state index in [2.05, 4.69) is 20.4 Å². The normalized spacial score (nSPS) is 11.3. The van der Waals surface area contributed by atoms with Gasteiger partial charge in [-0.15, -0.1) is 0 Å². The number of aromatic nitrogens is 5. The van der Waals surface area contributed by atoms with Gasteiger partial charge in [-0.1, -0.05) is 48.5 Å². The van der Waals surface area contributed by atoms with Gasteiger partial charge in [-0.3, -0.25) is 14.2 Å². The molecule has 3 aromatic heterocycles. The summed E-state index contributed by atoms with van der Waals surface area (Å²) in [7, 11) is 0. The van der Waals surface area contributed by atoms with Crippen molar-refractivity contribution in [3.05, 3.63) is 82.5 Å². The van der Waals surface area contributed by atoms with Gasteiger partial charge in [-0.25, -0.2) is 4.98 Å². The number of para-hydroxylation sites is 2. The van der Waals surface area contributed by atoms with Crippen molar-refractivity contribution in [3.8, 4) is 0 Å². The summed E-state index contributed by atoms with van der Waals surface area (Å²) in [5.41, 5.74) is 3.21. The minimum Gasteiger partial charge on any atom is -0.337 e. The van der Waals surface area contributed by atoms with Crippen LogP contribution in [0.5, 0.6) is 0 Å². The summed E-state index contributed by atoms with van der Waals surface area (Å²) in [6, 6.07) is 15.2. The SMILES string of the molecule is CCc1ccccc1NC(=O)Cn1c2ccccc2c2ncn(Cc3nc(C)no3)c(=O)c21. The molecule has 0 atom stereocenters. The average molecular weight is 442 g/mol. The van der Waals surface area contributed by atoms with Gasteiger partial charge in [-0.05, 0) is 31.0 Å². The first-order valence-electron chi connectivity index (χ1n) is 10.7. The Morgan fingerprint density at radius 1 is 1.12 bits per heavy atom. The first-order valence-corrected chi connectivity index (χ1v) is 10.7. The molecule has 0 radical (unpaired) electrons. The van der Waals surface area contributed by atoms with Crippen molar-refractivity contribution in [2.24, 2.45) is 0 Å². The summed E-state index contributed by atoms with van der Waals surface area (Å²) >= 11 is 0. The summed E-state index contributed by atoms with van der Waals surface area (Å²) in [4.78, 5) is 35.2. The van der Waals surface area contributed by atoms with Gasteiger partial charge in [0, 0.05) is 11.1 Å². The summed E-state index contributed by atoms with van der Waals surface area (Å²) < 4.78 is 8.29. The molecule has 5 rings (SSSR count). The number of hydrogen-bond acceptors (Lipinski definition) is 6. The van der Waals surface area contributed by atoms with Gasteiger partial charge in [0.05, 0.1) is 11.8 Å². The number of rotatable bonds is 6. The highest BCUT2D eigenvalue weighted by atomic mass is 16.5. The predicted octanol–water partition coefficient (Wildman–Crippen LogP) is 3.29. The molecule has 0 saturated heterocycles. The Balaban J connectivity index is 1.58. The van der Waals surface area contributed by atoms with E-state index in [1.807, 2.05) is 55.5 Å². The highest BCUT2D eigenvalue weighted by Gasteiger charge is 2.19. The van der Waals surface area contributed by atoms with Gasteiger partial charge >= 0.3 is 0 Å². The number of carbonyl (C=O) groups excluding carboxylic acids is 1. The molecule has 0 aliphatic carbocycles. The second-order valence-corrected chi connectivity index (χ2v) is 7.77. The molecule has 166 valence electrons. The molecule has 0 aliphatic rings. The van der Waals surface area contributed by atoms with Crippen molar-refractivity contribution in [2.45, 2.75) is 33.4 Å². The van der Waals surface area contributed by atoms with E-state index in [4.69, 9.17) is 4.52 Å². The van der Waals surface area contributed by atoms with E-state index in [1.165, 1.54) is 10.9 Å². The lowest BCUT2D eigenvalue weighted by atomic mass is 10.1. The molecular weight excluding hydrogens is 420 g/mol. The van der Waals surface area contributed by atoms with E-state index in [0.717, 1.165) is 28.6 Å². The molecule has 5 aromatic rings. The van der Waals surface area contributed by atoms with Gasteiger partial charge in [0.1, 0.15) is 24.1 Å². The number of fused-ring (bicyclic) bond motifs is 3. The highest BCUT2D eigenvalue weighted by Crippen LogP contribution is 2.25. The molecule has 0 saturated carbocycles. The number of hydrogen-bond donors (Lipinski definition) is 1. The lowest BCUT2D eigenvalue weighted by Gasteiger charge is -2.11. The predicted molar refractivity (Wildman–Crippen MR) is 124 cm³/mol. The number of anilines is 1. The van der Waals surface area contributed by atoms with Gasteiger partial charge in [0.2, 0.25) is 11.8 Å². The Labute approximate surface area is 188 Å². The Morgan fingerprint density at radius 2 is 1.91 bits per heavy atom. The van der Waals surface area contributed by atoms with E-state index < -0.39 is 0 Å². The van der Waals surface area contributed by atoms with E-state index in [-0.39, 0.29) is 24.6 Å². The fourth-order valence-electron chi connectivity index (χ4n) is 4.06. The number of aryl methyl sites for hydroxylation is 2. The molecule has 3 heterocycles. The molecule has 1 amide bonds. The number of benzene rings is 2. The molecule has 33 heavy (non-hydrogen) atoms. The number of carbonyl (C=O) groups is 1. The molecule has 2 aromatic carbocycles. The first kappa shape index (κ1) is 20.6. The van der Waals surface area contributed by atoms with Gasteiger partial charge in [-0.2, -0.15) is 4.98 Å². The van der Waals surface area contributed by atoms with E-state index in [1.54, 1.807) is 11.5 Å². The van der Waals surface area contributed by atoms with Crippen LogP contribution in [-0.2, 0) is 24.3 Å². The Kier molecular flexibility index (Phi) is 5.21. The zero-order valence-electron chi connectivity index (χ0n) is 18.3. The van der Waals surface area contributed by atoms with Crippen LogP contribution in [-0.4, -0.2) is 30.2 Å². The largest absolute Gasteiger partial charge is 0.337 e. The third-order valence-corrected chi connectivity index (χ3v) is 5.58. The summed E-state index contributed by atoms with van der Waals surface area (Å²) in [6.07, 6.45) is 2.27. The average Bonchev–Trinajstić information content (AvgIpc) is 3.37. The lowest BCUT2D eigenvalue weighted by molar-refractivity contribution is -0.116. The molecule has 0 bridgehead atoms. The minimum absolute atomic E-state index is 0.0251.